The first-order chi connectivity index (χ1) is 9.19. The number of benzene rings is 1. The maximum Gasteiger partial charge on any atom is 0.410 e. The highest BCUT2D eigenvalue weighted by atomic mass is 16.6. The molecule has 1 aliphatic heterocycles. The average molecular weight is 262 g/mol. The van der Waals surface area contributed by atoms with Gasteiger partial charge >= 0.3 is 6.09 Å². The lowest BCUT2D eigenvalue weighted by Crippen LogP contribution is -2.45. The van der Waals surface area contributed by atoms with Gasteiger partial charge in [-0.1, -0.05) is 37.3 Å². The van der Waals surface area contributed by atoms with Crippen molar-refractivity contribution in [1.82, 2.24) is 4.90 Å². The normalized spacial score (nSPS) is 23.2. The molecule has 1 heterocycles. The number of amides is 1. The van der Waals surface area contributed by atoms with Gasteiger partial charge in [0.15, 0.2) is 0 Å². The van der Waals surface area contributed by atoms with E-state index >= 15 is 0 Å². The number of hydrogen-bond acceptors (Lipinski definition) is 3. The van der Waals surface area contributed by atoms with Crippen LogP contribution in [0.25, 0.3) is 0 Å². The van der Waals surface area contributed by atoms with E-state index in [0.717, 1.165) is 18.5 Å². The topological polar surface area (TPSA) is 55.6 Å². The van der Waals surface area contributed by atoms with Crippen LogP contribution in [0.5, 0.6) is 0 Å². The third kappa shape index (κ3) is 3.96. The van der Waals surface area contributed by atoms with Gasteiger partial charge in [0.2, 0.25) is 0 Å². The fraction of sp³-hybridized carbons (Fsp3) is 0.533. The molecule has 0 spiro atoms. The summed E-state index contributed by atoms with van der Waals surface area (Å²) in [7, 11) is 0. The van der Waals surface area contributed by atoms with Crippen molar-refractivity contribution in [2.24, 2.45) is 17.6 Å². The number of nitrogens with two attached hydrogens (primary N) is 1. The first-order valence-corrected chi connectivity index (χ1v) is 6.84. The Kier molecular flexibility index (Phi) is 4.80. The van der Waals surface area contributed by atoms with Crippen molar-refractivity contribution in [3.05, 3.63) is 35.9 Å². The van der Waals surface area contributed by atoms with E-state index in [0.29, 0.717) is 31.5 Å². The molecule has 0 aliphatic carbocycles. The number of piperidine rings is 1. The second kappa shape index (κ2) is 6.57. The first-order valence-electron chi connectivity index (χ1n) is 6.84. The van der Waals surface area contributed by atoms with Crippen molar-refractivity contribution in [1.29, 1.82) is 0 Å². The maximum absolute atomic E-state index is 12.0. The molecule has 19 heavy (non-hydrogen) atoms. The molecule has 4 heteroatoms. The zero-order chi connectivity index (χ0) is 13.7. The largest absolute Gasteiger partial charge is 0.445 e. The average Bonchev–Trinajstić information content (AvgIpc) is 2.45. The van der Waals surface area contributed by atoms with E-state index in [-0.39, 0.29) is 6.09 Å². The Morgan fingerprint density at radius 2 is 2.11 bits per heavy atom. The number of likely N-dealkylation sites (tertiary alicyclic amines) is 1. The predicted octanol–water partition coefficient (Wildman–Crippen LogP) is 2.24. The van der Waals surface area contributed by atoms with Crippen molar-refractivity contribution in [3.63, 3.8) is 0 Å². The van der Waals surface area contributed by atoms with Crippen molar-refractivity contribution in [3.8, 4) is 0 Å². The molecule has 1 aliphatic rings. The highest BCUT2D eigenvalue weighted by Crippen LogP contribution is 2.21. The third-order valence-electron chi connectivity index (χ3n) is 3.54. The summed E-state index contributed by atoms with van der Waals surface area (Å²) in [5.41, 5.74) is 6.72. The molecule has 0 unspecified atom stereocenters. The van der Waals surface area contributed by atoms with Crippen LogP contribution in [0.1, 0.15) is 18.9 Å². The van der Waals surface area contributed by atoms with Gasteiger partial charge < -0.3 is 15.4 Å². The van der Waals surface area contributed by atoms with Crippen molar-refractivity contribution < 1.29 is 9.53 Å². The first kappa shape index (κ1) is 13.9. The zero-order valence-electron chi connectivity index (χ0n) is 11.4. The molecular weight excluding hydrogens is 240 g/mol. The zero-order valence-corrected chi connectivity index (χ0v) is 11.4. The molecule has 0 saturated carbocycles. The van der Waals surface area contributed by atoms with Crippen LogP contribution in [-0.4, -0.2) is 30.6 Å². The summed E-state index contributed by atoms with van der Waals surface area (Å²) in [4.78, 5) is 13.8. The molecule has 2 N–H and O–H groups in total. The van der Waals surface area contributed by atoms with E-state index in [1.807, 2.05) is 30.3 Å². The molecule has 1 aromatic carbocycles. The number of rotatable bonds is 3. The lowest BCUT2D eigenvalue weighted by atomic mass is 9.91. The van der Waals surface area contributed by atoms with Crippen LogP contribution >= 0.6 is 0 Å². The standard InChI is InChI=1S/C15H22N2O2/c1-12-7-14(8-16)10-17(9-12)15(18)19-11-13-5-3-2-4-6-13/h2-6,12,14H,7-11,16H2,1H3/t12-,14-/m0/s1. The maximum atomic E-state index is 12.0. The van der Waals surface area contributed by atoms with E-state index in [9.17, 15) is 4.79 Å². The van der Waals surface area contributed by atoms with Gasteiger partial charge in [-0.2, -0.15) is 0 Å². The predicted molar refractivity (Wildman–Crippen MR) is 74.5 cm³/mol. The summed E-state index contributed by atoms with van der Waals surface area (Å²) in [6.07, 6.45) is 0.868. The molecule has 1 amide bonds. The molecule has 1 fully saturated rings. The minimum Gasteiger partial charge on any atom is -0.445 e. The highest BCUT2D eigenvalue weighted by molar-refractivity contribution is 5.67. The lowest BCUT2D eigenvalue weighted by molar-refractivity contribution is 0.0683. The molecule has 0 bridgehead atoms. The van der Waals surface area contributed by atoms with Crippen LogP contribution in [0.15, 0.2) is 30.3 Å². The minimum atomic E-state index is -0.228. The van der Waals surface area contributed by atoms with Crippen LogP contribution in [-0.2, 0) is 11.3 Å². The Labute approximate surface area is 114 Å². The Morgan fingerprint density at radius 1 is 1.37 bits per heavy atom. The number of carbonyl (C=O) groups is 1. The summed E-state index contributed by atoms with van der Waals surface area (Å²) < 4.78 is 5.35. The summed E-state index contributed by atoms with van der Waals surface area (Å²) >= 11 is 0. The van der Waals surface area contributed by atoms with E-state index in [2.05, 4.69) is 6.92 Å². The van der Waals surface area contributed by atoms with Crippen LogP contribution in [0.2, 0.25) is 0 Å². The Hall–Kier alpha value is -1.55. The quantitative estimate of drug-likeness (QED) is 0.909. The van der Waals surface area contributed by atoms with Gasteiger partial charge in [-0.3, -0.25) is 0 Å². The molecule has 4 nitrogen and oxygen atoms in total. The smallest absolute Gasteiger partial charge is 0.410 e. The van der Waals surface area contributed by atoms with E-state index in [4.69, 9.17) is 10.5 Å². The molecule has 2 atom stereocenters. The molecule has 2 rings (SSSR count). The Bertz CT molecular complexity index is 408. The van der Waals surface area contributed by atoms with Crippen LogP contribution in [0, 0.1) is 11.8 Å². The molecule has 0 aromatic heterocycles. The number of nitrogens with zero attached hydrogens (tertiary/aromatic N) is 1. The fourth-order valence-electron chi connectivity index (χ4n) is 2.61. The second-order valence-electron chi connectivity index (χ2n) is 5.39. The second-order valence-corrected chi connectivity index (χ2v) is 5.39. The van der Waals surface area contributed by atoms with E-state index in [1.165, 1.54) is 0 Å². The Morgan fingerprint density at radius 3 is 2.79 bits per heavy atom. The van der Waals surface area contributed by atoms with Gasteiger partial charge in [-0.25, -0.2) is 4.79 Å². The summed E-state index contributed by atoms with van der Waals surface area (Å²) in [5, 5.41) is 0. The van der Waals surface area contributed by atoms with Crippen LogP contribution in [0.3, 0.4) is 0 Å². The summed E-state index contributed by atoms with van der Waals surface area (Å²) in [6, 6.07) is 9.74. The van der Waals surface area contributed by atoms with E-state index in [1.54, 1.807) is 4.90 Å². The summed E-state index contributed by atoms with van der Waals surface area (Å²) in [6.45, 7) is 4.60. The van der Waals surface area contributed by atoms with Gasteiger partial charge in [0.05, 0.1) is 0 Å². The number of hydrogen-bond donors (Lipinski definition) is 1. The van der Waals surface area contributed by atoms with Gasteiger partial charge in [-0.15, -0.1) is 0 Å². The minimum absolute atomic E-state index is 0.228. The SMILES string of the molecule is C[C@H]1C[C@@H](CN)CN(C(=O)OCc2ccccc2)C1. The highest BCUT2D eigenvalue weighted by Gasteiger charge is 2.27. The van der Waals surface area contributed by atoms with Gasteiger partial charge in [-0.05, 0) is 30.4 Å². The number of ether oxygens (including phenoxy) is 1. The molecule has 104 valence electrons. The van der Waals surface area contributed by atoms with Crippen LogP contribution in [0.4, 0.5) is 4.79 Å². The lowest BCUT2D eigenvalue weighted by Gasteiger charge is -2.35. The van der Waals surface area contributed by atoms with Gasteiger partial charge in [0.1, 0.15) is 6.61 Å². The molecular formula is C15H22N2O2. The molecule has 1 saturated heterocycles. The Balaban J connectivity index is 1.85. The van der Waals surface area contributed by atoms with Crippen LogP contribution < -0.4 is 5.73 Å². The summed E-state index contributed by atoms with van der Waals surface area (Å²) in [5.74, 6) is 0.889. The van der Waals surface area contributed by atoms with E-state index < -0.39 is 0 Å². The van der Waals surface area contributed by atoms with Gasteiger partial charge in [0.25, 0.3) is 0 Å². The molecule has 0 radical (unpaired) electrons. The third-order valence-corrected chi connectivity index (χ3v) is 3.54. The van der Waals surface area contributed by atoms with Crippen molar-refractivity contribution >= 4 is 6.09 Å². The fourth-order valence-corrected chi connectivity index (χ4v) is 2.61. The molecule has 1 aromatic rings. The van der Waals surface area contributed by atoms with Crippen molar-refractivity contribution in [2.45, 2.75) is 20.0 Å². The van der Waals surface area contributed by atoms with Crippen molar-refractivity contribution in [2.75, 3.05) is 19.6 Å². The monoisotopic (exact) mass is 262 g/mol. The number of carbonyl (C=O) groups excluding carboxylic acids is 1. The van der Waals surface area contributed by atoms with Gasteiger partial charge in [0, 0.05) is 13.1 Å².